The highest BCUT2D eigenvalue weighted by Gasteiger charge is 2.30. The molecule has 0 radical (unpaired) electrons. The third-order valence-corrected chi connectivity index (χ3v) is 7.82. The van der Waals surface area contributed by atoms with E-state index in [1.165, 1.54) is 31.2 Å². The zero-order chi connectivity index (χ0) is 22.6. The van der Waals surface area contributed by atoms with Crippen molar-refractivity contribution in [2.24, 2.45) is 5.92 Å². The van der Waals surface area contributed by atoms with Crippen LogP contribution in [0.2, 0.25) is 0 Å². The highest BCUT2D eigenvalue weighted by molar-refractivity contribution is 5.76. The van der Waals surface area contributed by atoms with Crippen LogP contribution in [0.4, 0.5) is 5.82 Å². The number of carbonyl (C=O) groups excluding carboxylic acids is 1. The van der Waals surface area contributed by atoms with Crippen LogP contribution in [0.15, 0.2) is 24.4 Å². The smallest absolute Gasteiger partial charge is 0.222 e. The van der Waals surface area contributed by atoms with Crippen LogP contribution in [-0.4, -0.2) is 45.4 Å². The molecule has 3 aliphatic rings. The molecule has 0 N–H and O–H groups in total. The number of amides is 1. The van der Waals surface area contributed by atoms with Gasteiger partial charge in [-0.15, -0.1) is 0 Å². The monoisotopic (exact) mass is 447 g/mol. The zero-order valence-electron chi connectivity index (χ0n) is 20.0. The molecule has 1 atom stereocenters. The molecule has 0 unspecified atom stereocenters. The van der Waals surface area contributed by atoms with Gasteiger partial charge in [-0.25, -0.2) is 9.97 Å². The van der Waals surface area contributed by atoms with Crippen LogP contribution >= 0.6 is 0 Å². The summed E-state index contributed by atoms with van der Waals surface area (Å²) in [5.41, 5.74) is 3.45. The normalized spacial score (nSPS) is 21.3. The van der Waals surface area contributed by atoms with Crippen LogP contribution < -0.4 is 4.90 Å². The molecular weight excluding hydrogens is 410 g/mol. The third-order valence-electron chi connectivity index (χ3n) is 7.82. The van der Waals surface area contributed by atoms with Gasteiger partial charge in [-0.1, -0.05) is 31.7 Å². The van der Waals surface area contributed by atoms with Gasteiger partial charge in [-0.2, -0.15) is 0 Å². The number of hydrogen-bond acceptors (Lipinski definition) is 5. The second-order valence-corrected chi connectivity index (χ2v) is 10.2. The quantitative estimate of drug-likeness (QED) is 0.636. The first-order valence-electron chi connectivity index (χ1n) is 13.0. The number of fused-ring (bicyclic) bond motifs is 1. The molecule has 6 heteroatoms. The number of carbonyl (C=O) groups is 1. The fraction of sp³-hybridized carbons (Fsp3) is 0.630. The Labute approximate surface area is 197 Å². The molecule has 1 amide bonds. The van der Waals surface area contributed by atoms with Crippen LogP contribution in [-0.2, 0) is 17.8 Å². The van der Waals surface area contributed by atoms with E-state index in [1.807, 2.05) is 18.3 Å². The van der Waals surface area contributed by atoms with E-state index in [0.717, 1.165) is 87.2 Å². The van der Waals surface area contributed by atoms with Gasteiger partial charge in [0.2, 0.25) is 5.91 Å². The minimum absolute atomic E-state index is 0.233. The number of aromatic nitrogens is 3. The van der Waals surface area contributed by atoms with E-state index in [2.05, 4.69) is 27.8 Å². The van der Waals surface area contributed by atoms with Gasteiger partial charge in [-0.05, 0) is 57.1 Å². The highest BCUT2D eigenvalue weighted by atomic mass is 16.2. The molecule has 2 aliphatic heterocycles. The van der Waals surface area contributed by atoms with E-state index in [1.54, 1.807) is 0 Å². The van der Waals surface area contributed by atoms with Gasteiger partial charge >= 0.3 is 0 Å². The van der Waals surface area contributed by atoms with E-state index in [4.69, 9.17) is 9.97 Å². The topological polar surface area (TPSA) is 62.2 Å². The summed E-state index contributed by atoms with van der Waals surface area (Å²) in [6.07, 6.45) is 13.2. The predicted molar refractivity (Wildman–Crippen MR) is 130 cm³/mol. The van der Waals surface area contributed by atoms with Crippen LogP contribution in [0.1, 0.15) is 86.5 Å². The van der Waals surface area contributed by atoms with Gasteiger partial charge in [0.1, 0.15) is 11.6 Å². The van der Waals surface area contributed by atoms with Crippen molar-refractivity contribution < 1.29 is 4.79 Å². The second kappa shape index (κ2) is 10.2. The molecule has 1 aliphatic carbocycles. The summed E-state index contributed by atoms with van der Waals surface area (Å²) in [4.78, 5) is 32.0. The van der Waals surface area contributed by atoms with Crippen molar-refractivity contribution in [2.45, 2.75) is 83.6 Å². The Hall–Kier alpha value is -2.50. The predicted octanol–water partition coefficient (Wildman–Crippen LogP) is 4.81. The lowest BCUT2D eigenvalue weighted by Gasteiger charge is -2.34. The number of likely N-dealkylation sites (tertiary alicyclic amines) is 1. The van der Waals surface area contributed by atoms with Crippen LogP contribution in [0.25, 0.3) is 0 Å². The van der Waals surface area contributed by atoms with E-state index in [9.17, 15) is 4.79 Å². The molecule has 176 valence electrons. The summed E-state index contributed by atoms with van der Waals surface area (Å²) in [7, 11) is 0. The third kappa shape index (κ3) is 5.20. The minimum Gasteiger partial charge on any atom is -0.350 e. The molecular formula is C27H37N5O. The van der Waals surface area contributed by atoms with Crippen molar-refractivity contribution in [1.82, 2.24) is 19.9 Å². The maximum absolute atomic E-state index is 13.0. The number of aryl methyl sites for hydroxylation is 1. The average Bonchev–Trinajstić information content (AvgIpc) is 3.37. The summed E-state index contributed by atoms with van der Waals surface area (Å²) in [6.45, 7) is 5.55. The number of rotatable bonds is 6. The van der Waals surface area contributed by atoms with Gasteiger partial charge in [-0.3, -0.25) is 9.78 Å². The minimum atomic E-state index is 0.233. The van der Waals surface area contributed by atoms with E-state index < -0.39 is 0 Å². The molecule has 5 rings (SSSR count). The molecule has 2 aromatic heterocycles. The Bertz CT molecular complexity index is 956. The van der Waals surface area contributed by atoms with Crippen LogP contribution in [0.5, 0.6) is 0 Å². The number of piperidine rings is 1. The maximum Gasteiger partial charge on any atom is 0.222 e. The van der Waals surface area contributed by atoms with Crippen LogP contribution in [0, 0.1) is 12.8 Å². The Morgan fingerprint density at radius 1 is 1.06 bits per heavy atom. The number of pyridine rings is 1. The fourth-order valence-electron chi connectivity index (χ4n) is 5.93. The summed E-state index contributed by atoms with van der Waals surface area (Å²) in [6, 6.07) is 6.09. The molecule has 1 saturated carbocycles. The summed E-state index contributed by atoms with van der Waals surface area (Å²) >= 11 is 0. The molecule has 2 aromatic rings. The maximum atomic E-state index is 13.0. The Morgan fingerprint density at radius 3 is 2.76 bits per heavy atom. The molecule has 33 heavy (non-hydrogen) atoms. The number of hydrogen-bond donors (Lipinski definition) is 0. The Balaban J connectivity index is 1.30. The molecule has 0 aromatic carbocycles. The van der Waals surface area contributed by atoms with Crippen molar-refractivity contribution in [3.63, 3.8) is 0 Å². The van der Waals surface area contributed by atoms with Gasteiger partial charge in [0.05, 0.1) is 12.2 Å². The van der Waals surface area contributed by atoms with E-state index in [0.29, 0.717) is 12.3 Å². The van der Waals surface area contributed by atoms with Crippen LogP contribution in [0.3, 0.4) is 0 Å². The van der Waals surface area contributed by atoms with E-state index >= 15 is 0 Å². The number of nitrogens with zero attached hydrogens (tertiary/aromatic N) is 5. The Morgan fingerprint density at radius 2 is 1.94 bits per heavy atom. The lowest BCUT2D eigenvalue weighted by Crippen LogP contribution is -2.40. The van der Waals surface area contributed by atoms with Crippen molar-refractivity contribution >= 4 is 11.7 Å². The van der Waals surface area contributed by atoms with Gasteiger partial charge < -0.3 is 9.80 Å². The Kier molecular flexibility index (Phi) is 6.88. The summed E-state index contributed by atoms with van der Waals surface area (Å²) < 4.78 is 0. The standard InChI is InChI=1S/C27H37N5O/c1-20-24-12-7-17-32(19-23-11-4-5-15-28-23)27(24)30-26(29-20)22-10-6-16-31(18-22)25(33)14-13-21-8-2-3-9-21/h4-5,11,15,21-22H,2-3,6-10,12-14,16-19H2,1H3/t22-/m0/s1. The van der Waals surface area contributed by atoms with Gasteiger partial charge in [0.15, 0.2) is 0 Å². The first kappa shape index (κ1) is 22.3. The van der Waals surface area contributed by atoms with Crippen molar-refractivity contribution in [2.75, 3.05) is 24.5 Å². The highest BCUT2D eigenvalue weighted by Crippen LogP contribution is 2.33. The lowest BCUT2D eigenvalue weighted by atomic mass is 9.95. The largest absolute Gasteiger partial charge is 0.350 e. The fourth-order valence-corrected chi connectivity index (χ4v) is 5.93. The molecule has 6 nitrogen and oxygen atoms in total. The summed E-state index contributed by atoms with van der Waals surface area (Å²) in [5, 5.41) is 0. The van der Waals surface area contributed by atoms with Gasteiger partial charge in [0, 0.05) is 49.4 Å². The molecule has 0 spiro atoms. The van der Waals surface area contributed by atoms with Crippen molar-refractivity contribution in [3.05, 3.63) is 47.2 Å². The second-order valence-electron chi connectivity index (χ2n) is 10.2. The van der Waals surface area contributed by atoms with Crippen molar-refractivity contribution in [3.8, 4) is 0 Å². The molecule has 0 bridgehead atoms. The lowest BCUT2D eigenvalue weighted by molar-refractivity contribution is -0.132. The average molecular weight is 448 g/mol. The molecule has 4 heterocycles. The first-order valence-corrected chi connectivity index (χ1v) is 13.0. The molecule has 1 saturated heterocycles. The van der Waals surface area contributed by atoms with Gasteiger partial charge in [0.25, 0.3) is 0 Å². The number of anilines is 1. The molecule has 2 fully saturated rings. The van der Waals surface area contributed by atoms with E-state index in [-0.39, 0.29) is 5.92 Å². The zero-order valence-corrected chi connectivity index (χ0v) is 20.0. The first-order chi connectivity index (χ1) is 16.2. The SMILES string of the molecule is Cc1nc([C@H]2CCCN(C(=O)CCC3CCCC3)C2)nc2c1CCCN2Cc1ccccn1. The van der Waals surface area contributed by atoms with Crippen molar-refractivity contribution in [1.29, 1.82) is 0 Å². The summed E-state index contributed by atoms with van der Waals surface area (Å²) in [5.74, 6) is 3.34.